The topological polar surface area (TPSA) is 64.8 Å². The van der Waals surface area contributed by atoms with Crippen LogP contribution in [0.2, 0.25) is 0 Å². The van der Waals surface area contributed by atoms with Crippen LogP contribution < -0.4 is 15.3 Å². The van der Waals surface area contributed by atoms with E-state index in [-0.39, 0.29) is 5.91 Å². The maximum atomic E-state index is 11.2. The van der Waals surface area contributed by atoms with Crippen molar-refractivity contribution in [3.63, 3.8) is 0 Å². The highest BCUT2D eigenvalue weighted by atomic mass is 16.5. The molecule has 0 unspecified atom stereocenters. The predicted octanol–water partition coefficient (Wildman–Crippen LogP) is 1.19. The third-order valence-corrected chi connectivity index (χ3v) is 2.26. The van der Waals surface area contributed by atoms with Gasteiger partial charge in [0.25, 0.3) is 0 Å². The van der Waals surface area contributed by atoms with Crippen LogP contribution in [0.5, 0.6) is 11.5 Å². The number of nitrogens with zero attached hydrogens (tertiary/aromatic N) is 1. The minimum Gasteiger partial charge on any atom is -0.497 e. The Kier molecular flexibility index (Phi) is 5.29. The number of hydrogen-bond donors (Lipinski definition) is 1. The molecule has 1 rings (SSSR count). The molecule has 1 amide bonds. The standard InChI is InChI=1S/C12H18N2O3/c1-14(13)12(15)4-3-9-17-11-7-5-10(16-2)6-8-11/h5-8H,3-4,9,13H2,1-2H3. The lowest BCUT2D eigenvalue weighted by molar-refractivity contribution is -0.130. The van der Waals surface area contributed by atoms with Gasteiger partial charge in [-0.15, -0.1) is 0 Å². The molecule has 0 aliphatic carbocycles. The molecule has 1 aromatic carbocycles. The fraction of sp³-hybridized carbons (Fsp3) is 0.417. The van der Waals surface area contributed by atoms with Gasteiger partial charge in [0.05, 0.1) is 13.7 Å². The van der Waals surface area contributed by atoms with Crippen LogP contribution in [0, 0.1) is 0 Å². The number of hydrogen-bond acceptors (Lipinski definition) is 4. The van der Waals surface area contributed by atoms with Crippen LogP contribution in [0.3, 0.4) is 0 Å². The number of carbonyl (C=O) groups is 1. The van der Waals surface area contributed by atoms with E-state index in [1.807, 2.05) is 24.3 Å². The zero-order chi connectivity index (χ0) is 12.7. The van der Waals surface area contributed by atoms with Gasteiger partial charge >= 0.3 is 0 Å². The van der Waals surface area contributed by atoms with E-state index in [1.165, 1.54) is 7.05 Å². The van der Waals surface area contributed by atoms with E-state index in [1.54, 1.807) is 7.11 Å². The monoisotopic (exact) mass is 238 g/mol. The molecule has 17 heavy (non-hydrogen) atoms. The maximum Gasteiger partial charge on any atom is 0.236 e. The number of benzene rings is 1. The Labute approximate surface area is 101 Å². The fourth-order valence-corrected chi connectivity index (χ4v) is 1.26. The number of carbonyl (C=O) groups excluding carboxylic acids is 1. The minimum absolute atomic E-state index is 0.0941. The Morgan fingerprint density at radius 2 is 1.88 bits per heavy atom. The fourth-order valence-electron chi connectivity index (χ4n) is 1.26. The zero-order valence-electron chi connectivity index (χ0n) is 10.2. The molecule has 0 fully saturated rings. The third-order valence-electron chi connectivity index (χ3n) is 2.26. The van der Waals surface area contributed by atoms with Crippen LogP contribution in [-0.2, 0) is 4.79 Å². The van der Waals surface area contributed by atoms with Crippen molar-refractivity contribution in [1.29, 1.82) is 0 Å². The van der Waals surface area contributed by atoms with E-state index in [0.717, 1.165) is 16.5 Å². The summed E-state index contributed by atoms with van der Waals surface area (Å²) in [5, 5.41) is 1.09. The molecular weight excluding hydrogens is 220 g/mol. The molecule has 0 bridgehead atoms. The molecule has 0 atom stereocenters. The van der Waals surface area contributed by atoms with E-state index >= 15 is 0 Å². The number of nitrogens with two attached hydrogens (primary N) is 1. The van der Waals surface area contributed by atoms with Crippen LogP contribution in [-0.4, -0.2) is 31.7 Å². The van der Waals surface area contributed by atoms with Crippen LogP contribution in [0.1, 0.15) is 12.8 Å². The molecule has 0 aromatic heterocycles. The van der Waals surface area contributed by atoms with Crippen molar-refractivity contribution in [1.82, 2.24) is 5.01 Å². The largest absolute Gasteiger partial charge is 0.497 e. The Hall–Kier alpha value is -1.75. The second-order valence-electron chi connectivity index (χ2n) is 3.63. The molecule has 5 heteroatoms. The van der Waals surface area contributed by atoms with Crippen molar-refractivity contribution < 1.29 is 14.3 Å². The Balaban J connectivity index is 2.24. The van der Waals surface area contributed by atoms with E-state index in [9.17, 15) is 4.79 Å². The normalized spacial score (nSPS) is 9.82. The van der Waals surface area contributed by atoms with Gasteiger partial charge in [0.2, 0.25) is 5.91 Å². The molecular formula is C12H18N2O3. The first-order valence-electron chi connectivity index (χ1n) is 5.41. The van der Waals surface area contributed by atoms with Gasteiger partial charge in [-0.1, -0.05) is 0 Å². The summed E-state index contributed by atoms with van der Waals surface area (Å²) in [5.41, 5.74) is 0. The second-order valence-corrected chi connectivity index (χ2v) is 3.63. The highest BCUT2D eigenvalue weighted by molar-refractivity contribution is 5.75. The lowest BCUT2D eigenvalue weighted by Crippen LogP contribution is -2.33. The van der Waals surface area contributed by atoms with E-state index in [4.69, 9.17) is 15.3 Å². The molecule has 94 valence electrons. The average molecular weight is 238 g/mol. The summed E-state index contributed by atoms with van der Waals surface area (Å²) in [6.45, 7) is 0.492. The lowest BCUT2D eigenvalue weighted by Gasteiger charge is -2.10. The lowest BCUT2D eigenvalue weighted by atomic mass is 10.3. The smallest absolute Gasteiger partial charge is 0.236 e. The van der Waals surface area contributed by atoms with Gasteiger partial charge in [0.1, 0.15) is 11.5 Å². The number of hydrazine groups is 1. The summed E-state index contributed by atoms with van der Waals surface area (Å²) < 4.78 is 10.5. The van der Waals surface area contributed by atoms with E-state index in [0.29, 0.717) is 19.4 Å². The summed E-state index contributed by atoms with van der Waals surface area (Å²) in [6.07, 6.45) is 1.04. The average Bonchev–Trinajstić information content (AvgIpc) is 2.35. The molecule has 0 spiro atoms. The summed E-state index contributed by atoms with van der Waals surface area (Å²) >= 11 is 0. The van der Waals surface area contributed by atoms with Crippen molar-refractivity contribution in [3.05, 3.63) is 24.3 Å². The predicted molar refractivity (Wildman–Crippen MR) is 64.7 cm³/mol. The SMILES string of the molecule is COc1ccc(OCCCC(=O)N(C)N)cc1. The van der Waals surface area contributed by atoms with Crippen LogP contribution >= 0.6 is 0 Å². The number of amides is 1. The van der Waals surface area contributed by atoms with E-state index < -0.39 is 0 Å². The highest BCUT2D eigenvalue weighted by Crippen LogP contribution is 2.17. The van der Waals surface area contributed by atoms with Crippen LogP contribution in [0.25, 0.3) is 0 Å². The number of methoxy groups -OCH3 is 1. The van der Waals surface area contributed by atoms with Crippen molar-refractivity contribution in [2.45, 2.75) is 12.8 Å². The van der Waals surface area contributed by atoms with Gasteiger partial charge in [-0.2, -0.15) is 0 Å². The summed E-state index contributed by atoms with van der Waals surface area (Å²) in [7, 11) is 3.15. The quantitative estimate of drug-likeness (QED) is 0.350. The summed E-state index contributed by atoms with van der Waals surface area (Å²) in [5.74, 6) is 6.75. The molecule has 0 saturated carbocycles. The Morgan fingerprint density at radius 3 is 2.41 bits per heavy atom. The molecule has 1 aromatic rings. The molecule has 0 aliphatic heterocycles. The van der Waals surface area contributed by atoms with Crippen molar-refractivity contribution in [2.75, 3.05) is 20.8 Å². The Bertz CT molecular complexity index is 349. The van der Waals surface area contributed by atoms with Crippen molar-refractivity contribution >= 4 is 5.91 Å². The Morgan fingerprint density at radius 1 is 1.29 bits per heavy atom. The first-order valence-corrected chi connectivity index (χ1v) is 5.41. The third kappa shape index (κ3) is 4.74. The van der Waals surface area contributed by atoms with Gasteiger partial charge in [-0.05, 0) is 30.7 Å². The zero-order valence-corrected chi connectivity index (χ0v) is 10.2. The van der Waals surface area contributed by atoms with Crippen molar-refractivity contribution in [2.24, 2.45) is 5.84 Å². The second kappa shape index (κ2) is 6.75. The molecule has 0 saturated heterocycles. The van der Waals surface area contributed by atoms with Gasteiger partial charge in [-0.3, -0.25) is 9.80 Å². The molecule has 2 N–H and O–H groups in total. The first kappa shape index (κ1) is 13.3. The number of ether oxygens (including phenoxy) is 2. The minimum atomic E-state index is -0.0941. The highest BCUT2D eigenvalue weighted by Gasteiger charge is 2.03. The van der Waals surface area contributed by atoms with Crippen LogP contribution in [0.4, 0.5) is 0 Å². The molecule has 5 nitrogen and oxygen atoms in total. The molecule has 0 radical (unpaired) electrons. The summed E-state index contributed by atoms with van der Waals surface area (Å²) in [6, 6.07) is 7.31. The van der Waals surface area contributed by atoms with Gasteiger partial charge in [0, 0.05) is 13.5 Å². The maximum absolute atomic E-state index is 11.2. The number of rotatable bonds is 6. The first-order chi connectivity index (χ1) is 8.13. The summed E-state index contributed by atoms with van der Waals surface area (Å²) in [4.78, 5) is 11.2. The van der Waals surface area contributed by atoms with Gasteiger partial charge < -0.3 is 9.47 Å². The molecule has 0 heterocycles. The van der Waals surface area contributed by atoms with Crippen molar-refractivity contribution in [3.8, 4) is 11.5 Å². The molecule has 0 aliphatic rings. The van der Waals surface area contributed by atoms with Gasteiger partial charge in [-0.25, -0.2) is 5.84 Å². The van der Waals surface area contributed by atoms with Gasteiger partial charge in [0.15, 0.2) is 0 Å². The van der Waals surface area contributed by atoms with Crippen LogP contribution in [0.15, 0.2) is 24.3 Å². The van der Waals surface area contributed by atoms with E-state index in [2.05, 4.69) is 0 Å².